The van der Waals surface area contributed by atoms with Crippen LogP contribution in [0.5, 0.6) is 0 Å². The minimum absolute atomic E-state index is 0.110. The van der Waals surface area contributed by atoms with Crippen molar-refractivity contribution in [1.29, 1.82) is 0 Å². The zero-order chi connectivity index (χ0) is 25.2. The van der Waals surface area contributed by atoms with Crippen LogP contribution in [0, 0.1) is 5.82 Å². The van der Waals surface area contributed by atoms with Gasteiger partial charge < -0.3 is 20.4 Å². The second-order valence-corrected chi connectivity index (χ2v) is 10.8. The standard InChI is InChI=1S/C24H32FN7O2S/c1-24(2,3)28-21-20(16-8-5-9-17(25)14-16)27-22-32(21)29-23(35-22)30(4)15-18(33)26-11-7-13-31-12-6-10-19(31)34/h5,8-9,14,28H,6-7,10-13,15H2,1-4H3,(H,26,33). The number of halogens is 1. The van der Waals surface area contributed by atoms with Crippen molar-refractivity contribution in [1.82, 2.24) is 24.8 Å². The number of likely N-dealkylation sites (tertiary alicyclic amines) is 1. The van der Waals surface area contributed by atoms with E-state index >= 15 is 0 Å². The van der Waals surface area contributed by atoms with E-state index in [0.29, 0.717) is 46.7 Å². The Morgan fingerprint density at radius 3 is 2.80 bits per heavy atom. The zero-order valence-electron chi connectivity index (χ0n) is 20.6. The molecule has 9 nitrogen and oxygen atoms in total. The van der Waals surface area contributed by atoms with Crippen molar-refractivity contribution in [2.75, 3.05) is 43.4 Å². The number of carbonyl (C=O) groups is 2. The average Bonchev–Trinajstić information content (AvgIpc) is 3.46. The molecule has 0 bridgehead atoms. The van der Waals surface area contributed by atoms with Gasteiger partial charge in [0.1, 0.15) is 11.5 Å². The predicted octanol–water partition coefficient (Wildman–Crippen LogP) is 3.37. The first-order valence-corrected chi connectivity index (χ1v) is 12.6. The minimum atomic E-state index is -0.327. The summed E-state index contributed by atoms with van der Waals surface area (Å²) < 4.78 is 15.6. The highest BCUT2D eigenvalue weighted by Gasteiger charge is 2.24. The van der Waals surface area contributed by atoms with Gasteiger partial charge in [-0.2, -0.15) is 4.52 Å². The highest BCUT2D eigenvalue weighted by molar-refractivity contribution is 7.20. The molecule has 0 aliphatic carbocycles. The summed E-state index contributed by atoms with van der Waals surface area (Å²) in [5.74, 6) is 0.439. The molecule has 1 aliphatic rings. The molecule has 2 aromatic heterocycles. The fourth-order valence-electron chi connectivity index (χ4n) is 3.97. The lowest BCUT2D eigenvalue weighted by Gasteiger charge is -2.22. The molecule has 35 heavy (non-hydrogen) atoms. The molecule has 2 N–H and O–H groups in total. The van der Waals surface area contributed by atoms with Crippen molar-refractivity contribution in [2.24, 2.45) is 0 Å². The van der Waals surface area contributed by atoms with E-state index in [1.165, 1.54) is 23.5 Å². The van der Waals surface area contributed by atoms with Crippen LogP contribution in [0.15, 0.2) is 24.3 Å². The van der Waals surface area contributed by atoms with Gasteiger partial charge in [-0.15, -0.1) is 5.10 Å². The number of fused-ring (bicyclic) bond motifs is 1. The number of hydrogen-bond donors (Lipinski definition) is 2. The summed E-state index contributed by atoms with van der Waals surface area (Å²) >= 11 is 1.36. The molecule has 1 aliphatic heterocycles. The Kier molecular flexibility index (Phi) is 7.25. The first kappa shape index (κ1) is 24.9. The third-order valence-electron chi connectivity index (χ3n) is 5.59. The summed E-state index contributed by atoms with van der Waals surface area (Å²) in [7, 11) is 1.81. The van der Waals surface area contributed by atoms with Gasteiger partial charge >= 0.3 is 0 Å². The normalized spacial score (nSPS) is 14.1. The number of amides is 2. The Labute approximate surface area is 208 Å². The number of imidazole rings is 1. The van der Waals surface area contributed by atoms with Crippen molar-refractivity contribution < 1.29 is 14.0 Å². The maximum Gasteiger partial charge on any atom is 0.239 e. The van der Waals surface area contributed by atoms with E-state index in [-0.39, 0.29) is 29.7 Å². The Morgan fingerprint density at radius 2 is 2.11 bits per heavy atom. The van der Waals surface area contributed by atoms with Gasteiger partial charge in [-0.05, 0) is 45.7 Å². The number of anilines is 2. The molecule has 4 rings (SSSR count). The minimum Gasteiger partial charge on any atom is -0.364 e. The quantitative estimate of drug-likeness (QED) is 0.437. The van der Waals surface area contributed by atoms with Crippen LogP contribution in [-0.4, -0.2) is 70.1 Å². The lowest BCUT2D eigenvalue weighted by molar-refractivity contribution is -0.127. The molecular formula is C24H32FN7O2S. The van der Waals surface area contributed by atoms with Crippen molar-refractivity contribution in [3.63, 3.8) is 0 Å². The number of carbonyl (C=O) groups excluding carboxylic acids is 2. The van der Waals surface area contributed by atoms with E-state index in [2.05, 4.69) is 10.6 Å². The molecule has 3 aromatic rings. The smallest absolute Gasteiger partial charge is 0.239 e. The lowest BCUT2D eigenvalue weighted by Crippen LogP contribution is -2.37. The SMILES string of the molecule is CN(CC(=O)NCCCN1CCCC1=O)c1nn2c(NC(C)(C)C)c(-c3cccc(F)c3)nc2s1. The van der Waals surface area contributed by atoms with Gasteiger partial charge in [0.05, 0.1) is 6.54 Å². The molecule has 188 valence electrons. The molecule has 3 heterocycles. The van der Waals surface area contributed by atoms with E-state index in [9.17, 15) is 14.0 Å². The van der Waals surface area contributed by atoms with E-state index in [1.807, 2.05) is 38.8 Å². The first-order valence-electron chi connectivity index (χ1n) is 11.8. The van der Waals surface area contributed by atoms with Crippen LogP contribution in [0.1, 0.15) is 40.0 Å². The first-order chi connectivity index (χ1) is 16.6. The zero-order valence-corrected chi connectivity index (χ0v) is 21.4. The van der Waals surface area contributed by atoms with Gasteiger partial charge in [0.2, 0.25) is 21.9 Å². The molecule has 0 radical (unpaired) electrons. The molecule has 1 saturated heterocycles. The Balaban J connectivity index is 1.43. The topological polar surface area (TPSA) is 94.9 Å². The second kappa shape index (κ2) is 10.2. The number of hydrogen-bond acceptors (Lipinski definition) is 7. The van der Waals surface area contributed by atoms with E-state index in [4.69, 9.17) is 10.1 Å². The molecule has 0 unspecified atom stereocenters. The van der Waals surface area contributed by atoms with E-state index in [0.717, 1.165) is 19.4 Å². The third-order valence-corrected chi connectivity index (χ3v) is 6.61. The maximum atomic E-state index is 13.9. The number of benzene rings is 1. The highest BCUT2D eigenvalue weighted by atomic mass is 32.1. The van der Waals surface area contributed by atoms with Crippen LogP contribution in [0.3, 0.4) is 0 Å². The van der Waals surface area contributed by atoms with Crippen molar-refractivity contribution >= 4 is 39.1 Å². The fraction of sp³-hybridized carbons (Fsp3) is 0.500. The third kappa shape index (κ3) is 6.08. The highest BCUT2D eigenvalue weighted by Crippen LogP contribution is 2.34. The van der Waals surface area contributed by atoms with Crippen molar-refractivity contribution in [2.45, 2.75) is 45.6 Å². The van der Waals surface area contributed by atoms with Crippen molar-refractivity contribution in [3.05, 3.63) is 30.1 Å². The molecule has 1 fully saturated rings. The summed E-state index contributed by atoms with van der Waals surface area (Å²) in [6.07, 6.45) is 2.28. The molecule has 0 saturated carbocycles. The van der Waals surface area contributed by atoms with Crippen LogP contribution in [0.4, 0.5) is 15.3 Å². The number of nitrogens with one attached hydrogen (secondary N) is 2. The Hall–Kier alpha value is -3.21. The number of rotatable bonds is 9. The average molecular weight is 502 g/mol. The molecule has 11 heteroatoms. The molecule has 2 amide bonds. The summed E-state index contributed by atoms with van der Waals surface area (Å²) in [6.45, 7) is 8.26. The van der Waals surface area contributed by atoms with E-state index < -0.39 is 0 Å². The molecule has 1 aromatic carbocycles. The monoisotopic (exact) mass is 501 g/mol. The summed E-state index contributed by atoms with van der Waals surface area (Å²) in [4.78, 5) is 33.1. The summed E-state index contributed by atoms with van der Waals surface area (Å²) in [5, 5.41) is 11.7. The van der Waals surface area contributed by atoms with Crippen LogP contribution >= 0.6 is 11.3 Å². The Morgan fingerprint density at radius 1 is 1.31 bits per heavy atom. The Bertz CT molecular complexity index is 1220. The van der Waals surface area contributed by atoms with Crippen LogP contribution < -0.4 is 15.5 Å². The summed E-state index contributed by atoms with van der Waals surface area (Å²) in [5.41, 5.74) is 1.02. The van der Waals surface area contributed by atoms with E-state index in [1.54, 1.807) is 15.5 Å². The van der Waals surface area contributed by atoms with Gasteiger partial charge in [-0.25, -0.2) is 9.37 Å². The van der Waals surface area contributed by atoms with Crippen LogP contribution in [-0.2, 0) is 9.59 Å². The molecule has 0 spiro atoms. The van der Waals surface area contributed by atoms with Crippen LogP contribution in [0.2, 0.25) is 0 Å². The van der Waals surface area contributed by atoms with Gasteiger partial charge in [-0.1, -0.05) is 23.5 Å². The number of nitrogens with zero attached hydrogens (tertiary/aromatic N) is 5. The summed E-state index contributed by atoms with van der Waals surface area (Å²) in [6, 6.07) is 6.34. The number of aromatic nitrogens is 3. The van der Waals surface area contributed by atoms with Gasteiger partial charge in [0.25, 0.3) is 0 Å². The largest absolute Gasteiger partial charge is 0.364 e. The lowest BCUT2D eigenvalue weighted by atomic mass is 10.1. The van der Waals surface area contributed by atoms with Gasteiger partial charge in [0, 0.05) is 44.2 Å². The van der Waals surface area contributed by atoms with Crippen molar-refractivity contribution in [3.8, 4) is 11.3 Å². The van der Waals surface area contributed by atoms with Gasteiger partial charge in [-0.3, -0.25) is 9.59 Å². The molecular weight excluding hydrogens is 469 g/mol. The number of likely N-dealkylation sites (N-methyl/N-ethyl adjacent to an activating group) is 1. The predicted molar refractivity (Wildman–Crippen MR) is 136 cm³/mol. The van der Waals surface area contributed by atoms with Gasteiger partial charge in [0.15, 0.2) is 5.82 Å². The van der Waals surface area contributed by atoms with Crippen LogP contribution in [0.25, 0.3) is 16.2 Å². The second-order valence-electron chi connectivity index (χ2n) is 9.82. The molecule has 0 atom stereocenters. The maximum absolute atomic E-state index is 13.9. The fourth-order valence-corrected chi connectivity index (χ4v) is 4.84.